The lowest BCUT2D eigenvalue weighted by Crippen LogP contribution is -2.16. The summed E-state index contributed by atoms with van der Waals surface area (Å²) >= 11 is 3.50. The number of carboxylic acids is 2. The molecule has 0 saturated heterocycles. The van der Waals surface area contributed by atoms with E-state index in [1.54, 1.807) is 21.3 Å². The standard InChI is InChI=1S/C18H22BrNO3.C2H2O4/c1-21-16-6-5-14(10-15(16)19)12-20-9-8-13-4-7-17(22-2)18(11-13)23-3;3-1(4)2(5)6/h4-7,10-11,20H,8-9,12H2,1-3H3;(H,3,4)(H,5,6). The number of carbonyl (C=O) groups is 2. The Morgan fingerprint density at radius 2 is 1.41 bits per heavy atom. The summed E-state index contributed by atoms with van der Waals surface area (Å²) in [6, 6.07) is 12.1. The second kappa shape index (κ2) is 12.6. The first-order valence-electron chi connectivity index (χ1n) is 8.52. The van der Waals surface area contributed by atoms with Crippen LogP contribution in [0.3, 0.4) is 0 Å². The molecule has 8 nitrogen and oxygen atoms in total. The Labute approximate surface area is 177 Å². The van der Waals surface area contributed by atoms with Gasteiger partial charge in [0.25, 0.3) is 0 Å². The van der Waals surface area contributed by atoms with Gasteiger partial charge in [0.1, 0.15) is 5.75 Å². The molecule has 3 N–H and O–H groups in total. The molecule has 29 heavy (non-hydrogen) atoms. The van der Waals surface area contributed by atoms with Crippen LogP contribution in [0, 0.1) is 0 Å². The zero-order valence-corrected chi connectivity index (χ0v) is 18.0. The quantitative estimate of drug-likeness (QED) is 0.399. The first kappa shape index (κ1) is 24.3. The van der Waals surface area contributed by atoms with Crippen molar-refractivity contribution in [1.29, 1.82) is 0 Å². The fourth-order valence-electron chi connectivity index (χ4n) is 2.32. The molecule has 2 aromatic rings. The Morgan fingerprint density at radius 1 is 0.862 bits per heavy atom. The molecule has 0 atom stereocenters. The highest BCUT2D eigenvalue weighted by atomic mass is 79.9. The Morgan fingerprint density at radius 3 is 1.93 bits per heavy atom. The summed E-state index contributed by atoms with van der Waals surface area (Å²) in [7, 11) is 4.97. The van der Waals surface area contributed by atoms with Gasteiger partial charge in [0.2, 0.25) is 0 Å². The van der Waals surface area contributed by atoms with Gasteiger partial charge in [0.05, 0.1) is 25.8 Å². The normalized spacial score (nSPS) is 9.79. The van der Waals surface area contributed by atoms with Crippen LogP contribution in [0.2, 0.25) is 0 Å². The first-order valence-corrected chi connectivity index (χ1v) is 9.31. The highest BCUT2D eigenvalue weighted by Crippen LogP contribution is 2.28. The van der Waals surface area contributed by atoms with E-state index in [1.165, 1.54) is 11.1 Å². The van der Waals surface area contributed by atoms with Crippen LogP contribution < -0.4 is 19.5 Å². The van der Waals surface area contributed by atoms with E-state index in [2.05, 4.69) is 39.4 Å². The SMILES string of the molecule is COc1ccc(CNCCc2ccc(OC)c(OC)c2)cc1Br.O=C(O)C(=O)O. The number of benzene rings is 2. The molecule has 2 aromatic carbocycles. The zero-order valence-electron chi connectivity index (χ0n) is 16.4. The minimum absolute atomic E-state index is 0.757. The number of carboxylic acid groups (broad SMARTS) is 2. The van der Waals surface area contributed by atoms with Crippen molar-refractivity contribution in [3.63, 3.8) is 0 Å². The van der Waals surface area contributed by atoms with Crippen molar-refractivity contribution < 1.29 is 34.0 Å². The van der Waals surface area contributed by atoms with Crippen LogP contribution in [0.5, 0.6) is 17.2 Å². The topological polar surface area (TPSA) is 114 Å². The molecule has 0 aromatic heterocycles. The van der Waals surface area contributed by atoms with E-state index in [9.17, 15) is 0 Å². The fourth-order valence-corrected chi connectivity index (χ4v) is 2.91. The van der Waals surface area contributed by atoms with Gasteiger partial charge >= 0.3 is 11.9 Å². The molecule has 0 bridgehead atoms. The van der Waals surface area contributed by atoms with E-state index in [1.807, 2.05) is 18.2 Å². The maximum Gasteiger partial charge on any atom is 0.414 e. The molecule has 0 unspecified atom stereocenters. The molecule has 9 heteroatoms. The third-order valence-electron chi connectivity index (χ3n) is 3.77. The van der Waals surface area contributed by atoms with Crippen LogP contribution in [0.25, 0.3) is 0 Å². The van der Waals surface area contributed by atoms with Gasteiger partial charge in [-0.3, -0.25) is 0 Å². The largest absolute Gasteiger partial charge is 0.496 e. The molecule has 0 radical (unpaired) electrons. The minimum Gasteiger partial charge on any atom is -0.496 e. The van der Waals surface area contributed by atoms with E-state index >= 15 is 0 Å². The first-order chi connectivity index (χ1) is 13.8. The van der Waals surface area contributed by atoms with Crippen LogP contribution in [0.1, 0.15) is 11.1 Å². The molecule has 0 saturated carbocycles. The van der Waals surface area contributed by atoms with Gasteiger partial charge in [-0.1, -0.05) is 12.1 Å². The van der Waals surface area contributed by atoms with Gasteiger partial charge in [0, 0.05) is 6.54 Å². The van der Waals surface area contributed by atoms with E-state index in [-0.39, 0.29) is 0 Å². The second-order valence-electron chi connectivity index (χ2n) is 5.70. The van der Waals surface area contributed by atoms with Gasteiger partial charge < -0.3 is 29.7 Å². The lowest BCUT2D eigenvalue weighted by atomic mass is 10.1. The van der Waals surface area contributed by atoms with Crippen molar-refractivity contribution in [2.24, 2.45) is 0 Å². The number of aliphatic carboxylic acids is 2. The molecule has 0 aliphatic rings. The molecule has 0 amide bonds. The van der Waals surface area contributed by atoms with Crippen LogP contribution in [0.4, 0.5) is 0 Å². The summed E-state index contributed by atoms with van der Waals surface area (Å²) in [5.41, 5.74) is 2.43. The van der Waals surface area contributed by atoms with Gasteiger partial charge in [-0.25, -0.2) is 9.59 Å². The fraction of sp³-hybridized carbons (Fsp3) is 0.300. The van der Waals surface area contributed by atoms with E-state index in [0.29, 0.717) is 0 Å². The number of hydrogen-bond donors (Lipinski definition) is 3. The summed E-state index contributed by atoms with van der Waals surface area (Å²) < 4.78 is 16.8. The van der Waals surface area contributed by atoms with Crippen LogP contribution in [-0.2, 0) is 22.6 Å². The molecular formula is C20H24BrNO7. The zero-order chi connectivity index (χ0) is 21.8. The average Bonchev–Trinajstić information content (AvgIpc) is 2.71. The van der Waals surface area contributed by atoms with Crippen molar-refractivity contribution in [3.8, 4) is 17.2 Å². The Hall–Kier alpha value is -2.78. The van der Waals surface area contributed by atoms with Crippen molar-refractivity contribution in [2.45, 2.75) is 13.0 Å². The number of ether oxygens (including phenoxy) is 3. The molecular weight excluding hydrogens is 446 g/mol. The van der Waals surface area contributed by atoms with Crippen LogP contribution >= 0.6 is 15.9 Å². The predicted octanol–water partition coefficient (Wildman–Crippen LogP) is 2.96. The van der Waals surface area contributed by atoms with Crippen LogP contribution in [0.15, 0.2) is 40.9 Å². The van der Waals surface area contributed by atoms with Crippen molar-refractivity contribution >= 4 is 27.9 Å². The Balaban J connectivity index is 0.000000612. The summed E-state index contributed by atoms with van der Waals surface area (Å²) in [5, 5.41) is 18.2. The van der Waals surface area contributed by atoms with Gasteiger partial charge in [-0.05, 0) is 64.3 Å². The second-order valence-corrected chi connectivity index (χ2v) is 6.55. The van der Waals surface area contributed by atoms with Gasteiger partial charge in [0.15, 0.2) is 11.5 Å². The highest BCUT2D eigenvalue weighted by molar-refractivity contribution is 9.10. The lowest BCUT2D eigenvalue weighted by molar-refractivity contribution is -0.159. The van der Waals surface area contributed by atoms with Crippen molar-refractivity contribution in [1.82, 2.24) is 5.32 Å². The molecule has 0 spiro atoms. The average molecular weight is 470 g/mol. The smallest absolute Gasteiger partial charge is 0.414 e. The van der Waals surface area contributed by atoms with Crippen molar-refractivity contribution in [2.75, 3.05) is 27.9 Å². The lowest BCUT2D eigenvalue weighted by Gasteiger charge is -2.10. The van der Waals surface area contributed by atoms with E-state index < -0.39 is 11.9 Å². The molecule has 0 heterocycles. The third-order valence-corrected chi connectivity index (χ3v) is 4.39. The molecule has 158 valence electrons. The van der Waals surface area contributed by atoms with Crippen molar-refractivity contribution in [3.05, 3.63) is 52.0 Å². The van der Waals surface area contributed by atoms with Gasteiger partial charge in [-0.2, -0.15) is 0 Å². The monoisotopic (exact) mass is 469 g/mol. The maximum absolute atomic E-state index is 9.10. The number of rotatable bonds is 8. The summed E-state index contributed by atoms with van der Waals surface area (Å²) in [4.78, 5) is 18.2. The molecule has 0 aliphatic carbocycles. The number of methoxy groups -OCH3 is 3. The predicted molar refractivity (Wildman–Crippen MR) is 111 cm³/mol. The Kier molecular flexibility index (Phi) is 10.6. The highest BCUT2D eigenvalue weighted by Gasteiger charge is 2.05. The molecule has 2 rings (SSSR count). The number of hydrogen-bond acceptors (Lipinski definition) is 6. The number of nitrogens with one attached hydrogen (secondary N) is 1. The van der Waals surface area contributed by atoms with E-state index in [0.717, 1.165) is 41.2 Å². The minimum atomic E-state index is -1.82. The summed E-state index contributed by atoms with van der Waals surface area (Å²) in [6.07, 6.45) is 0.928. The number of halogens is 1. The van der Waals surface area contributed by atoms with E-state index in [4.69, 9.17) is 34.0 Å². The maximum atomic E-state index is 9.10. The summed E-state index contributed by atoms with van der Waals surface area (Å²) in [5.74, 6) is -1.28. The third kappa shape index (κ3) is 8.41. The summed E-state index contributed by atoms with van der Waals surface area (Å²) in [6.45, 7) is 1.70. The van der Waals surface area contributed by atoms with Crippen LogP contribution in [-0.4, -0.2) is 50.0 Å². The molecule has 0 fully saturated rings. The van der Waals surface area contributed by atoms with Gasteiger partial charge in [-0.15, -0.1) is 0 Å². The Bertz CT molecular complexity index is 814. The molecule has 0 aliphatic heterocycles.